The van der Waals surface area contributed by atoms with Gasteiger partial charge in [0.1, 0.15) is 11.9 Å². The summed E-state index contributed by atoms with van der Waals surface area (Å²) in [5.41, 5.74) is 5.42. The van der Waals surface area contributed by atoms with Gasteiger partial charge in [0.15, 0.2) is 0 Å². The number of benzene rings is 3. The molecule has 3 aromatic carbocycles. The summed E-state index contributed by atoms with van der Waals surface area (Å²) in [6.07, 6.45) is 2.76. The largest absolute Gasteiger partial charge is 0.344 e. The van der Waals surface area contributed by atoms with Crippen LogP contribution in [0, 0.1) is 0 Å². The number of para-hydroxylation sites is 2. The molecule has 8 nitrogen and oxygen atoms in total. The number of carbonyl (C=O) groups excluding carboxylic acids is 3. The van der Waals surface area contributed by atoms with Crippen LogP contribution in [0.15, 0.2) is 85.2 Å². The number of imide groups is 1. The predicted octanol–water partition coefficient (Wildman–Crippen LogP) is 3.61. The SMILES string of the molecule is C[C@@]1(CCc2ccccc2)NC(=O)N(NC(=O)c2ccc(-n3cnc4ccccc43)cc2)C1=O. The lowest BCUT2D eigenvalue weighted by atomic mass is 9.93. The highest BCUT2D eigenvalue weighted by molar-refractivity contribution is 6.09. The third-order valence-electron chi connectivity index (χ3n) is 6.09. The van der Waals surface area contributed by atoms with Gasteiger partial charge in [-0.3, -0.25) is 19.6 Å². The van der Waals surface area contributed by atoms with Crippen molar-refractivity contribution in [3.63, 3.8) is 0 Å². The Kier molecular flexibility index (Phi) is 5.33. The number of aryl methyl sites for hydroxylation is 1. The molecule has 1 fully saturated rings. The normalized spacial score (nSPS) is 17.7. The fourth-order valence-corrected chi connectivity index (χ4v) is 4.10. The van der Waals surface area contributed by atoms with Crippen LogP contribution in [-0.4, -0.2) is 37.9 Å². The molecule has 170 valence electrons. The highest BCUT2D eigenvalue weighted by Crippen LogP contribution is 2.23. The van der Waals surface area contributed by atoms with Crippen molar-refractivity contribution in [3.05, 3.63) is 96.3 Å². The first-order chi connectivity index (χ1) is 16.4. The number of hydrazine groups is 1. The summed E-state index contributed by atoms with van der Waals surface area (Å²) in [5.74, 6) is -1.03. The summed E-state index contributed by atoms with van der Waals surface area (Å²) in [4.78, 5) is 42.6. The van der Waals surface area contributed by atoms with Crippen LogP contribution in [0.25, 0.3) is 16.7 Å². The van der Waals surface area contributed by atoms with Gasteiger partial charge in [0, 0.05) is 11.3 Å². The van der Waals surface area contributed by atoms with Crippen LogP contribution in [0.3, 0.4) is 0 Å². The van der Waals surface area contributed by atoms with E-state index in [4.69, 9.17) is 0 Å². The number of aromatic nitrogens is 2. The van der Waals surface area contributed by atoms with E-state index in [1.165, 1.54) is 0 Å². The van der Waals surface area contributed by atoms with Crippen molar-refractivity contribution in [1.29, 1.82) is 0 Å². The summed E-state index contributed by atoms with van der Waals surface area (Å²) in [5, 5.41) is 3.48. The molecule has 1 aliphatic rings. The number of fused-ring (bicyclic) bond motifs is 1. The number of amides is 4. The average molecular weight is 454 g/mol. The third kappa shape index (κ3) is 3.90. The number of hydrogen-bond acceptors (Lipinski definition) is 4. The molecule has 0 bridgehead atoms. The van der Waals surface area contributed by atoms with E-state index in [-0.39, 0.29) is 0 Å². The van der Waals surface area contributed by atoms with E-state index in [9.17, 15) is 14.4 Å². The van der Waals surface area contributed by atoms with Crippen LogP contribution < -0.4 is 10.7 Å². The van der Waals surface area contributed by atoms with Gasteiger partial charge in [-0.25, -0.2) is 9.78 Å². The summed E-state index contributed by atoms with van der Waals surface area (Å²) in [6.45, 7) is 1.67. The van der Waals surface area contributed by atoms with Crippen molar-refractivity contribution in [2.75, 3.05) is 0 Å². The quantitative estimate of drug-likeness (QED) is 0.436. The van der Waals surface area contributed by atoms with Gasteiger partial charge in [-0.15, -0.1) is 0 Å². The summed E-state index contributed by atoms with van der Waals surface area (Å²) in [7, 11) is 0. The van der Waals surface area contributed by atoms with Crippen molar-refractivity contribution in [3.8, 4) is 5.69 Å². The Balaban J connectivity index is 1.27. The Bertz CT molecular complexity index is 1380. The summed E-state index contributed by atoms with van der Waals surface area (Å²) >= 11 is 0. The number of carbonyl (C=O) groups is 3. The topological polar surface area (TPSA) is 96.3 Å². The fraction of sp³-hybridized carbons (Fsp3) is 0.154. The van der Waals surface area contributed by atoms with E-state index in [1.54, 1.807) is 37.5 Å². The Hall–Kier alpha value is -4.46. The maximum atomic E-state index is 13.0. The van der Waals surface area contributed by atoms with Crippen LogP contribution in [0.4, 0.5) is 4.79 Å². The minimum Gasteiger partial charge on any atom is -0.322 e. The number of urea groups is 1. The first-order valence-electron chi connectivity index (χ1n) is 11.0. The Morgan fingerprint density at radius 2 is 1.68 bits per heavy atom. The van der Waals surface area contributed by atoms with E-state index < -0.39 is 23.4 Å². The highest BCUT2D eigenvalue weighted by Gasteiger charge is 2.48. The van der Waals surface area contributed by atoms with Gasteiger partial charge in [0.05, 0.1) is 11.0 Å². The van der Waals surface area contributed by atoms with Crippen LogP contribution in [0.5, 0.6) is 0 Å². The molecule has 0 spiro atoms. The van der Waals surface area contributed by atoms with Crippen molar-refractivity contribution >= 4 is 28.9 Å². The second-order valence-corrected chi connectivity index (χ2v) is 8.48. The van der Waals surface area contributed by atoms with Crippen LogP contribution >= 0.6 is 0 Å². The van der Waals surface area contributed by atoms with Gasteiger partial charge in [-0.05, 0) is 61.7 Å². The molecule has 5 rings (SSSR count). The maximum Gasteiger partial charge on any atom is 0.344 e. The Morgan fingerprint density at radius 1 is 0.971 bits per heavy atom. The minimum absolute atomic E-state index is 0.326. The van der Waals surface area contributed by atoms with E-state index in [0.29, 0.717) is 18.4 Å². The molecule has 0 radical (unpaired) electrons. The lowest BCUT2D eigenvalue weighted by molar-refractivity contribution is -0.132. The molecule has 34 heavy (non-hydrogen) atoms. The van der Waals surface area contributed by atoms with Crippen molar-refractivity contribution in [2.24, 2.45) is 0 Å². The van der Waals surface area contributed by atoms with Crippen LogP contribution in [-0.2, 0) is 11.2 Å². The van der Waals surface area contributed by atoms with E-state index in [1.807, 2.05) is 59.2 Å². The Morgan fingerprint density at radius 3 is 2.44 bits per heavy atom. The zero-order chi connectivity index (χ0) is 23.7. The lowest BCUT2D eigenvalue weighted by Crippen LogP contribution is -2.48. The van der Waals surface area contributed by atoms with Gasteiger partial charge in [0.2, 0.25) is 0 Å². The zero-order valence-corrected chi connectivity index (χ0v) is 18.6. The molecule has 1 atom stereocenters. The standard InChI is InChI=1S/C26H23N5O3/c1-26(16-15-18-7-3-2-4-8-18)24(33)31(25(34)28-26)29-23(32)19-11-13-20(14-12-19)30-17-27-21-9-5-6-10-22(21)30/h2-14,17H,15-16H2,1H3,(H,28,34)(H,29,32)/t26-/m0/s1. The van der Waals surface area contributed by atoms with Crippen molar-refractivity contribution < 1.29 is 14.4 Å². The number of nitrogens with zero attached hydrogens (tertiary/aromatic N) is 3. The van der Waals surface area contributed by atoms with Gasteiger partial charge in [-0.2, -0.15) is 5.01 Å². The second-order valence-electron chi connectivity index (χ2n) is 8.48. The van der Waals surface area contributed by atoms with Crippen molar-refractivity contribution in [1.82, 2.24) is 25.3 Å². The molecule has 0 aliphatic carbocycles. The van der Waals surface area contributed by atoms with E-state index in [0.717, 1.165) is 27.3 Å². The fourth-order valence-electron chi connectivity index (χ4n) is 4.10. The highest BCUT2D eigenvalue weighted by atomic mass is 16.2. The van der Waals surface area contributed by atoms with E-state index >= 15 is 0 Å². The molecule has 2 heterocycles. The number of hydrogen-bond donors (Lipinski definition) is 2. The number of rotatable bonds is 6. The molecule has 1 aromatic heterocycles. The first kappa shape index (κ1) is 21.4. The molecule has 4 amide bonds. The molecule has 4 aromatic rings. The molecule has 0 saturated carbocycles. The first-order valence-corrected chi connectivity index (χ1v) is 11.0. The molecule has 1 saturated heterocycles. The minimum atomic E-state index is -1.09. The maximum absolute atomic E-state index is 13.0. The van der Waals surface area contributed by atoms with Gasteiger partial charge >= 0.3 is 6.03 Å². The number of imidazole rings is 1. The Labute approximate surface area is 196 Å². The van der Waals surface area contributed by atoms with Gasteiger partial charge in [0.25, 0.3) is 11.8 Å². The van der Waals surface area contributed by atoms with Crippen LogP contribution in [0.2, 0.25) is 0 Å². The molecule has 0 unspecified atom stereocenters. The zero-order valence-electron chi connectivity index (χ0n) is 18.6. The lowest BCUT2D eigenvalue weighted by Gasteiger charge is -2.21. The molecular weight excluding hydrogens is 430 g/mol. The third-order valence-corrected chi connectivity index (χ3v) is 6.09. The molecule has 8 heteroatoms. The molecule has 2 N–H and O–H groups in total. The van der Waals surface area contributed by atoms with E-state index in [2.05, 4.69) is 15.7 Å². The second kappa shape index (κ2) is 8.47. The molecule has 1 aliphatic heterocycles. The molecular formula is C26H23N5O3. The number of nitrogens with one attached hydrogen (secondary N) is 2. The summed E-state index contributed by atoms with van der Waals surface area (Å²) < 4.78 is 1.92. The average Bonchev–Trinajstić information content (AvgIpc) is 3.38. The van der Waals surface area contributed by atoms with Crippen molar-refractivity contribution in [2.45, 2.75) is 25.3 Å². The van der Waals surface area contributed by atoms with Gasteiger partial charge < -0.3 is 5.32 Å². The monoisotopic (exact) mass is 453 g/mol. The predicted molar refractivity (Wildman–Crippen MR) is 127 cm³/mol. The van der Waals surface area contributed by atoms with Crippen LogP contribution in [0.1, 0.15) is 29.3 Å². The summed E-state index contributed by atoms with van der Waals surface area (Å²) in [6, 6.07) is 23.7. The smallest absolute Gasteiger partial charge is 0.322 e. The van der Waals surface area contributed by atoms with Gasteiger partial charge in [-0.1, -0.05) is 42.5 Å².